The molecular formula is C10H15ClN2O2S. The van der Waals surface area contributed by atoms with Crippen LogP contribution in [0.4, 0.5) is 0 Å². The van der Waals surface area contributed by atoms with Crippen molar-refractivity contribution in [2.24, 2.45) is 0 Å². The lowest BCUT2D eigenvalue weighted by atomic mass is 10.2. The highest BCUT2D eigenvalue weighted by molar-refractivity contribution is 7.15. The predicted molar refractivity (Wildman–Crippen MR) is 64.9 cm³/mol. The van der Waals surface area contributed by atoms with Crippen molar-refractivity contribution in [2.45, 2.75) is 32.9 Å². The molecule has 0 saturated heterocycles. The number of carbonyl (C=O) groups is 1. The van der Waals surface area contributed by atoms with Gasteiger partial charge in [0.05, 0.1) is 19.2 Å². The van der Waals surface area contributed by atoms with E-state index in [2.05, 4.69) is 9.88 Å². The van der Waals surface area contributed by atoms with Crippen LogP contribution in [0.15, 0.2) is 6.20 Å². The normalized spacial score (nSPS) is 13.0. The Balaban J connectivity index is 2.57. The molecule has 4 nitrogen and oxygen atoms in total. The fourth-order valence-corrected chi connectivity index (χ4v) is 2.48. The number of hydrogen-bond donors (Lipinski definition) is 1. The minimum absolute atomic E-state index is 0.00479. The lowest BCUT2D eigenvalue weighted by molar-refractivity contribution is -0.138. The average Bonchev–Trinajstić information content (AvgIpc) is 2.59. The third kappa shape index (κ3) is 4.08. The van der Waals surface area contributed by atoms with Gasteiger partial charge in [-0.3, -0.25) is 9.69 Å². The van der Waals surface area contributed by atoms with Crippen LogP contribution >= 0.6 is 22.9 Å². The van der Waals surface area contributed by atoms with Gasteiger partial charge in [0.15, 0.2) is 0 Å². The SMILES string of the molecule is CCN(Cc1ncc(Cl)s1)C(C)CC(=O)O. The van der Waals surface area contributed by atoms with E-state index >= 15 is 0 Å². The summed E-state index contributed by atoms with van der Waals surface area (Å²) in [4.78, 5) is 16.9. The van der Waals surface area contributed by atoms with Crippen LogP contribution in [-0.2, 0) is 11.3 Å². The molecule has 6 heteroatoms. The van der Waals surface area contributed by atoms with Gasteiger partial charge in [0.2, 0.25) is 0 Å². The van der Waals surface area contributed by atoms with Crippen molar-refractivity contribution >= 4 is 28.9 Å². The predicted octanol–water partition coefficient (Wildman–Crippen LogP) is 2.48. The molecule has 1 aromatic rings. The Morgan fingerprint density at radius 1 is 1.75 bits per heavy atom. The molecule has 0 aliphatic rings. The highest BCUT2D eigenvalue weighted by Crippen LogP contribution is 2.20. The molecule has 16 heavy (non-hydrogen) atoms. The Hall–Kier alpha value is -0.650. The molecule has 0 spiro atoms. The van der Waals surface area contributed by atoms with Crippen molar-refractivity contribution in [3.8, 4) is 0 Å². The summed E-state index contributed by atoms with van der Waals surface area (Å²) in [5.74, 6) is -0.775. The Kier molecular flexibility index (Phi) is 5.18. The number of nitrogens with zero attached hydrogens (tertiary/aromatic N) is 2. The van der Waals surface area contributed by atoms with E-state index < -0.39 is 5.97 Å². The van der Waals surface area contributed by atoms with E-state index in [1.807, 2.05) is 13.8 Å². The van der Waals surface area contributed by atoms with Crippen LogP contribution in [0.3, 0.4) is 0 Å². The fraction of sp³-hybridized carbons (Fsp3) is 0.600. The fourth-order valence-electron chi connectivity index (χ4n) is 1.50. The second-order valence-corrected chi connectivity index (χ2v) is 5.31. The van der Waals surface area contributed by atoms with E-state index in [-0.39, 0.29) is 12.5 Å². The maximum atomic E-state index is 10.6. The number of thiazole rings is 1. The molecule has 1 aromatic heterocycles. The molecule has 1 heterocycles. The molecule has 1 rings (SSSR count). The molecule has 0 saturated carbocycles. The topological polar surface area (TPSA) is 53.4 Å². The number of hydrogen-bond acceptors (Lipinski definition) is 4. The zero-order valence-electron chi connectivity index (χ0n) is 9.31. The Morgan fingerprint density at radius 3 is 2.88 bits per heavy atom. The Labute approximate surface area is 104 Å². The summed E-state index contributed by atoms with van der Waals surface area (Å²) in [5.41, 5.74) is 0. The number of rotatable bonds is 6. The molecule has 0 bridgehead atoms. The monoisotopic (exact) mass is 262 g/mol. The van der Waals surface area contributed by atoms with Gasteiger partial charge in [-0.25, -0.2) is 4.98 Å². The van der Waals surface area contributed by atoms with Crippen LogP contribution in [0, 0.1) is 0 Å². The van der Waals surface area contributed by atoms with Gasteiger partial charge in [0.1, 0.15) is 9.34 Å². The summed E-state index contributed by atoms with van der Waals surface area (Å²) in [7, 11) is 0. The maximum Gasteiger partial charge on any atom is 0.304 e. The molecule has 0 fully saturated rings. The zero-order chi connectivity index (χ0) is 12.1. The van der Waals surface area contributed by atoms with Crippen molar-refractivity contribution in [1.82, 2.24) is 9.88 Å². The molecule has 0 amide bonds. The minimum atomic E-state index is -0.775. The largest absolute Gasteiger partial charge is 0.481 e. The van der Waals surface area contributed by atoms with Crippen LogP contribution < -0.4 is 0 Å². The van der Waals surface area contributed by atoms with Crippen molar-refractivity contribution in [1.29, 1.82) is 0 Å². The molecular weight excluding hydrogens is 248 g/mol. The first-order valence-corrected chi connectivity index (χ1v) is 6.28. The highest BCUT2D eigenvalue weighted by atomic mass is 35.5. The number of halogens is 1. The summed E-state index contributed by atoms with van der Waals surface area (Å²) in [6.45, 7) is 5.37. The Bertz CT molecular complexity index is 356. The second kappa shape index (κ2) is 6.18. The molecule has 1 atom stereocenters. The van der Waals surface area contributed by atoms with E-state index in [4.69, 9.17) is 16.7 Å². The standard InChI is InChI=1S/C10H15ClN2O2S/c1-3-13(7(2)4-10(14)15)6-9-12-5-8(11)16-9/h5,7H,3-4,6H2,1-2H3,(H,14,15). The van der Waals surface area contributed by atoms with Gasteiger partial charge in [-0.15, -0.1) is 11.3 Å². The number of carboxylic acid groups (broad SMARTS) is 1. The van der Waals surface area contributed by atoms with E-state index in [0.717, 1.165) is 11.6 Å². The maximum absolute atomic E-state index is 10.6. The first-order chi connectivity index (χ1) is 7.52. The summed E-state index contributed by atoms with van der Waals surface area (Å²) in [6, 6.07) is 0.00479. The quantitative estimate of drug-likeness (QED) is 0.856. The number of carboxylic acids is 1. The number of aromatic nitrogens is 1. The summed E-state index contributed by atoms with van der Waals surface area (Å²) < 4.78 is 0.664. The minimum Gasteiger partial charge on any atom is -0.481 e. The summed E-state index contributed by atoms with van der Waals surface area (Å²) in [6.07, 6.45) is 1.77. The highest BCUT2D eigenvalue weighted by Gasteiger charge is 2.16. The summed E-state index contributed by atoms with van der Waals surface area (Å²) in [5, 5.41) is 9.66. The molecule has 90 valence electrons. The lowest BCUT2D eigenvalue weighted by Gasteiger charge is -2.25. The molecule has 0 radical (unpaired) electrons. The van der Waals surface area contributed by atoms with E-state index in [1.54, 1.807) is 6.20 Å². The van der Waals surface area contributed by atoms with Gasteiger partial charge in [-0.1, -0.05) is 18.5 Å². The van der Waals surface area contributed by atoms with Gasteiger partial charge in [-0.2, -0.15) is 0 Å². The Morgan fingerprint density at radius 2 is 2.44 bits per heavy atom. The van der Waals surface area contributed by atoms with Crippen LogP contribution in [0.5, 0.6) is 0 Å². The van der Waals surface area contributed by atoms with Crippen LogP contribution in [0.2, 0.25) is 4.34 Å². The van der Waals surface area contributed by atoms with Crippen LogP contribution in [-0.4, -0.2) is 33.5 Å². The average molecular weight is 263 g/mol. The van der Waals surface area contributed by atoms with Crippen LogP contribution in [0.25, 0.3) is 0 Å². The van der Waals surface area contributed by atoms with Crippen LogP contribution in [0.1, 0.15) is 25.3 Å². The van der Waals surface area contributed by atoms with Crippen molar-refractivity contribution < 1.29 is 9.90 Å². The van der Waals surface area contributed by atoms with Crippen molar-refractivity contribution in [3.63, 3.8) is 0 Å². The van der Waals surface area contributed by atoms with E-state index in [1.165, 1.54) is 11.3 Å². The van der Waals surface area contributed by atoms with Crippen molar-refractivity contribution in [2.75, 3.05) is 6.54 Å². The molecule has 1 unspecified atom stereocenters. The van der Waals surface area contributed by atoms with Crippen molar-refractivity contribution in [3.05, 3.63) is 15.5 Å². The first kappa shape index (κ1) is 13.4. The third-order valence-corrected chi connectivity index (χ3v) is 3.46. The van der Waals surface area contributed by atoms with Gasteiger partial charge >= 0.3 is 5.97 Å². The second-order valence-electron chi connectivity index (χ2n) is 3.57. The molecule has 1 N–H and O–H groups in total. The van der Waals surface area contributed by atoms with Gasteiger partial charge in [0.25, 0.3) is 0 Å². The molecule has 0 aromatic carbocycles. The number of aliphatic carboxylic acids is 1. The zero-order valence-corrected chi connectivity index (χ0v) is 10.9. The first-order valence-electron chi connectivity index (χ1n) is 5.09. The third-order valence-electron chi connectivity index (χ3n) is 2.36. The lowest BCUT2D eigenvalue weighted by Crippen LogP contribution is -2.34. The van der Waals surface area contributed by atoms with Gasteiger partial charge < -0.3 is 5.11 Å². The van der Waals surface area contributed by atoms with E-state index in [9.17, 15) is 4.79 Å². The smallest absolute Gasteiger partial charge is 0.304 e. The molecule has 0 aliphatic heterocycles. The van der Waals surface area contributed by atoms with E-state index in [0.29, 0.717) is 10.9 Å². The summed E-state index contributed by atoms with van der Waals surface area (Å²) >= 11 is 7.23. The van der Waals surface area contributed by atoms with Gasteiger partial charge in [0, 0.05) is 6.04 Å². The van der Waals surface area contributed by atoms with Gasteiger partial charge in [-0.05, 0) is 13.5 Å². The molecule has 0 aliphatic carbocycles.